The summed E-state index contributed by atoms with van der Waals surface area (Å²) < 4.78 is 12.0. The molecule has 140 valence electrons. The largest absolute Gasteiger partial charge is 0.445 e. The highest BCUT2D eigenvalue weighted by Crippen LogP contribution is 2.36. The van der Waals surface area contributed by atoms with Crippen LogP contribution in [0.3, 0.4) is 0 Å². The molecular weight excluding hydrogens is 314 g/mol. The number of hydrogen-bond acceptors (Lipinski definition) is 3. The maximum absolute atomic E-state index is 12.5. The molecule has 0 spiro atoms. The van der Waals surface area contributed by atoms with Gasteiger partial charge in [-0.1, -0.05) is 51.1 Å². The fraction of sp³-hybridized carbons (Fsp3) is 0.667. The maximum atomic E-state index is 12.5. The summed E-state index contributed by atoms with van der Waals surface area (Å²) in [4.78, 5) is 14.4. The molecule has 1 amide bonds. The molecule has 1 aromatic rings. The van der Waals surface area contributed by atoms with E-state index in [4.69, 9.17) is 9.47 Å². The first kappa shape index (κ1) is 19.8. The van der Waals surface area contributed by atoms with E-state index in [9.17, 15) is 4.79 Å². The first-order valence-electron chi connectivity index (χ1n) is 9.27. The highest BCUT2D eigenvalue weighted by atomic mass is 16.6. The highest BCUT2D eigenvalue weighted by Gasteiger charge is 2.40. The van der Waals surface area contributed by atoms with Gasteiger partial charge in [0.1, 0.15) is 6.61 Å². The Morgan fingerprint density at radius 2 is 1.80 bits per heavy atom. The topological polar surface area (TPSA) is 38.8 Å². The van der Waals surface area contributed by atoms with Gasteiger partial charge in [0, 0.05) is 6.54 Å². The zero-order chi connectivity index (χ0) is 18.7. The van der Waals surface area contributed by atoms with Crippen LogP contribution < -0.4 is 0 Å². The molecule has 1 fully saturated rings. The monoisotopic (exact) mass is 347 g/mol. The fourth-order valence-corrected chi connectivity index (χ4v) is 2.88. The molecule has 0 bridgehead atoms. The van der Waals surface area contributed by atoms with Gasteiger partial charge in [-0.2, -0.15) is 0 Å². The highest BCUT2D eigenvalue weighted by molar-refractivity contribution is 5.68. The molecule has 2 atom stereocenters. The number of ether oxygens (including phenoxy) is 2. The SMILES string of the molecule is C[C@H]1C(OC(C)(C)C(C)(C)C)CCCN1C(=O)OCc1ccccc1. The smallest absolute Gasteiger partial charge is 0.410 e. The van der Waals surface area contributed by atoms with E-state index in [1.807, 2.05) is 35.2 Å². The number of hydrogen-bond donors (Lipinski definition) is 0. The molecule has 2 rings (SSSR count). The summed E-state index contributed by atoms with van der Waals surface area (Å²) >= 11 is 0. The number of piperidine rings is 1. The quantitative estimate of drug-likeness (QED) is 0.768. The van der Waals surface area contributed by atoms with Crippen LogP contribution in [-0.4, -0.2) is 35.3 Å². The summed E-state index contributed by atoms with van der Waals surface area (Å²) in [5.74, 6) is 0. The molecule has 0 N–H and O–H groups in total. The second kappa shape index (κ2) is 7.77. The van der Waals surface area contributed by atoms with Gasteiger partial charge in [0.2, 0.25) is 0 Å². The van der Waals surface area contributed by atoms with E-state index in [0.29, 0.717) is 6.61 Å². The Morgan fingerprint density at radius 1 is 1.16 bits per heavy atom. The first-order valence-corrected chi connectivity index (χ1v) is 9.27. The average Bonchev–Trinajstić information content (AvgIpc) is 2.54. The number of nitrogens with zero attached hydrogens (tertiary/aromatic N) is 1. The molecule has 1 unspecified atom stereocenters. The van der Waals surface area contributed by atoms with E-state index in [0.717, 1.165) is 24.9 Å². The third kappa shape index (κ3) is 4.97. The van der Waals surface area contributed by atoms with Gasteiger partial charge in [-0.25, -0.2) is 4.79 Å². The lowest BCUT2D eigenvalue weighted by Gasteiger charge is -2.46. The number of carbonyl (C=O) groups excluding carboxylic acids is 1. The van der Waals surface area contributed by atoms with Crippen molar-refractivity contribution >= 4 is 6.09 Å². The molecule has 4 nitrogen and oxygen atoms in total. The number of amides is 1. The van der Waals surface area contributed by atoms with Crippen LogP contribution in [-0.2, 0) is 16.1 Å². The van der Waals surface area contributed by atoms with Crippen LogP contribution in [0.4, 0.5) is 4.79 Å². The molecule has 1 saturated heterocycles. The number of carbonyl (C=O) groups is 1. The van der Waals surface area contributed by atoms with Crippen molar-refractivity contribution in [2.75, 3.05) is 6.54 Å². The molecule has 1 aromatic carbocycles. The maximum Gasteiger partial charge on any atom is 0.410 e. The minimum atomic E-state index is -0.261. The lowest BCUT2D eigenvalue weighted by molar-refractivity contribution is -0.158. The van der Waals surface area contributed by atoms with Crippen molar-refractivity contribution in [3.63, 3.8) is 0 Å². The Balaban J connectivity index is 1.96. The molecule has 25 heavy (non-hydrogen) atoms. The second-order valence-electron chi connectivity index (χ2n) is 8.53. The zero-order valence-corrected chi connectivity index (χ0v) is 16.5. The zero-order valence-electron chi connectivity index (χ0n) is 16.5. The average molecular weight is 347 g/mol. The van der Waals surface area contributed by atoms with Crippen LogP contribution in [0.5, 0.6) is 0 Å². The minimum absolute atomic E-state index is 0.0126. The minimum Gasteiger partial charge on any atom is -0.445 e. The lowest BCUT2D eigenvalue weighted by Crippen LogP contribution is -2.54. The van der Waals surface area contributed by atoms with E-state index in [1.165, 1.54) is 0 Å². The number of benzene rings is 1. The predicted molar refractivity (Wildman–Crippen MR) is 100 cm³/mol. The molecule has 0 aromatic heterocycles. The van der Waals surface area contributed by atoms with E-state index in [1.54, 1.807) is 0 Å². The second-order valence-corrected chi connectivity index (χ2v) is 8.53. The van der Waals surface area contributed by atoms with Gasteiger partial charge in [-0.05, 0) is 44.6 Å². The molecule has 0 aliphatic carbocycles. The first-order chi connectivity index (χ1) is 11.6. The van der Waals surface area contributed by atoms with Crippen molar-refractivity contribution in [1.29, 1.82) is 0 Å². The normalized spacial score (nSPS) is 21.9. The van der Waals surface area contributed by atoms with Crippen LogP contribution in [0.25, 0.3) is 0 Å². The Kier molecular flexibility index (Phi) is 6.15. The van der Waals surface area contributed by atoms with Crippen LogP contribution in [0.15, 0.2) is 30.3 Å². The van der Waals surface area contributed by atoms with Crippen LogP contribution in [0, 0.1) is 5.41 Å². The van der Waals surface area contributed by atoms with E-state index in [2.05, 4.69) is 41.5 Å². The summed E-state index contributed by atoms with van der Waals surface area (Å²) in [6.45, 7) is 13.9. The molecular formula is C21H33NO3. The van der Waals surface area contributed by atoms with Crippen molar-refractivity contribution in [1.82, 2.24) is 4.90 Å². The van der Waals surface area contributed by atoms with Crippen molar-refractivity contribution in [2.45, 2.75) is 78.7 Å². The molecule has 4 heteroatoms. The number of rotatable bonds is 4. The Morgan fingerprint density at radius 3 is 2.40 bits per heavy atom. The van der Waals surface area contributed by atoms with Crippen LogP contribution in [0.2, 0.25) is 0 Å². The van der Waals surface area contributed by atoms with Gasteiger partial charge >= 0.3 is 6.09 Å². The summed E-state index contributed by atoms with van der Waals surface area (Å²) in [5.41, 5.74) is 0.772. The molecule has 1 aliphatic heterocycles. The van der Waals surface area contributed by atoms with Crippen molar-refractivity contribution in [2.24, 2.45) is 5.41 Å². The summed E-state index contributed by atoms with van der Waals surface area (Å²) in [5, 5.41) is 0. The molecule has 1 aliphatic rings. The number of likely N-dealkylation sites (tertiary alicyclic amines) is 1. The van der Waals surface area contributed by atoms with Crippen LogP contribution >= 0.6 is 0 Å². The molecule has 1 heterocycles. The van der Waals surface area contributed by atoms with E-state index < -0.39 is 0 Å². The van der Waals surface area contributed by atoms with Crippen LogP contribution in [0.1, 0.15) is 59.9 Å². The standard InChI is InChI=1S/C21H33NO3/c1-16-18(25-21(5,6)20(2,3)4)13-10-14-22(16)19(23)24-15-17-11-8-7-9-12-17/h7-9,11-12,16,18H,10,13-15H2,1-6H3/t16-,18?/m0/s1. The van der Waals surface area contributed by atoms with Gasteiger partial charge in [-0.15, -0.1) is 0 Å². The van der Waals surface area contributed by atoms with Crippen molar-refractivity contribution < 1.29 is 14.3 Å². The van der Waals surface area contributed by atoms with Gasteiger partial charge < -0.3 is 14.4 Å². The van der Waals surface area contributed by atoms with Gasteiger partial charge in [0.25, 0.3) is 0 Å². The Hall–Kier alpha value is -1.55. The van der Waals surface area contributed by atoms with E-state index in [-0.39, 0.29) is 29.3 Å². The van der Waals surface area contributed by atoms with Crippen molar-refractivity contribution in [3.8, 4) is 0 Å². The summed E-state index contributed by atoms with van der Waals surface area (Å²) in [7, 11) is 0. The lowest BCUT2D eigenvalue weighted by atomic mass is 9.78. The summed E-state index contributed by atoms with van der Waals surface area (Å²) in [6.07, 6.45) is 1.70. The van der Waals surface area contributed by atoms with Crippen molar-refractivity contribution in [3.05, 3.63) is 35.9 Å². The van der Waals surface area contributed by atoms with Gasteiger partial charge in [0.05, 0.1) is 17.7 Å². The molecule has 0 saturated carbocycles. The summed E-state index contributed by atoms with van der Waals surface area (Å²) in [6, 6.07) is 9.79. The third-order valence-electron chi connectivity index (χ3n) is 5.61. The fourth-order valence-electron chi connectivity index (χ4n) is 2.88. The van der Waals surface area contributed by atoms with Gasteiger partial charge in [-0.3, -0.25) is 0 Å². The van der Waals surface area contributed by atoms with E-state index >= 15 is 0 Å². The third-order valence-corrected chi connectivity index (χ3v) is 5.61. The molecule has 0 radical (unpaired) electrons. The predicted octanol–water partition coefficient (Wildman–Crippen LogP) is 5.02. The van der Waals surface area contributed by atoms with Gasteiger partial charge in [0.15, 0.2) is 0 Å². The Labute approximate surface area is 152 Å². The Bertz CT molecular complexity index is 562.